The highest BCUT2D eigenvalue weighted by Crippen LogP contribution is 2.16. The van der Waals surface area contributed by atoms with Crippen LogP contribution in [0.25, 0.3) is 0 Å². The first kappa shape index (κ1) is 12.5. The Morgan fingerprint density at radius 1 is 1.47 bits per heavy atom. The van der Waals surface area contributed by atoms with Crippen molar-refractivity contribution in [1.82, 2.24) is 9.80 Å². The number of nitrogens with zero attached hydrogens (tertiary/aromatic N) is 2. The Morgan fingerprint density at radius 2 is 2.07 bits per heavy atom. The zero-order chi connectivity index (χ0) is 11.3. The van der Waals surface area contributed by atoms with Crippen LogP contribution in [0.5, 0.6) is 0 Å². The zero-order valence-corrected chi connectivity index (χ0v) is 9.78. The van der Waals surface area contributed by atoms with Gasteiger partial charge in [0.1, 0.15) is 0 Å². The topological polar surface area (TPSA) is 43.8 Å². The lowest BCUT2D eigenvalue weighted by Gasteiger charge is -2.37. The Bertz CT molecular complexity index is 201. The van der Waals surface area contributed by atoms with Crippen molar-refractivity contribution in [3.63, 3.8) is 0 Å². The van der Waals surface area contributed by atoms with E-state index in [-0.39, 0.29) is 12.5 Å². The quantitative estimate of drug-likeness (QED) is 0.732. The second-order valence-electron chi connectivity index (χ2n) is 4.09. The molecule has 0 radical (unpaired) electrons. The maximum Gasteiger partial charge on any atom is 0.219 e. The second kappa shape index (κ2) is 6.08. The van der Waals surface area contributed by atoms with Crippen molar-refractivity contribution in [2.45, 2.75) is 32.7 Å². The highest BCUT2D eigenvalue weighted by molar-refractivity contribution is 5.73. The van der Waals surface area contributed by atoms with Crippen LogP contribution < -0.4 is 0 Å². The van der Waals surface area contributed by atoms with Gasteiger partial charge in [-0.2, -0.15) is 0 Å². The summed E-state index contributed by atoms with van der Waals surface area (Å²) in [6.45, 7) is 7.43. The van der Waals surface area contributed by atoms with Crippen LogP contribution in [0.1, 0.15) is 26.7 Å². The minimum atomic E-state index is 0.179. The van der Waals surface area contributed by atoms with Crippen LogP contribution in [0.3, 0.4) is 0 Å². The van der Waals surface area contributed by atoms with E-state index in [0.717, 1.165) is 39.0 Å². The van der Waals surface area contributed by atoms with E-state index in [2.05, 4.69) is 11.8 Å². The van der Waals surface area contributed by atoms with Crippen LogP contribution in [-0.2, 0) is 4.79 Å². The summed E-state index contributed by atoms with van der Waals surface area (Å²) in [7, 11) is 0. The molecule has 1 aliphatic rings. The van der Waals surface area contributed by atoms with E-state index in [4.69, 9.17) is 5.11 Å². The van der Waals surface area contributed by atoms with Crippen LogP contribution in [0.2, 0.25) is 0 Å². The summed E-state index contributed by atoms with van der Waals surface area (Å²) in [5.74, 6) is 0.179. The number of hydrogen-bond acceptors (Lipinski definition) is 3. The number of amides is 1. The Hall–Kier alpha value is -0.610. The molecule has 0 atom stereocenters. The second-order valence-corrected chi connectivity index (χ2v) is 4.09. The van der Waals surface area contributed by atoms with E-state index in [1.807, 2.05) is 4.90 Å². The molecule has 1 amide bonds. The summed E-state index contributed by atoms with van der Waals surface area (Å²) in [6.07, 6.45) is 2.07. The van der Waals surface area contributed by atoms with Crippen LogP contribution in [0.15, 0.2) is 0 Å². The summed E-state index contributed by atoms with van der Waals surface area (Å²) in [5.41, 5.74) is 0. The maximum absolute atomic E-state index is 11.1. The molecule has 15 heavy (non-hydrogen) atoms. The first-order valence-electron chi connectivity index (χ1n) is 5.79. The molecule has 0 aromatic rings. The summed E-state index contributed by atoms with van der Waals surface area (Å²) in [6, 6.07) is 0.540. The molecule has 1 N–H and O–H groups in total. The third kappa shape index (κ3) is 3.47. The summed E-state index contributed by atoms with van der Waals surface area (Å²) in [4.78, 5) is 15.4. The maximum atomic E-state index is 11.1. The molecule has 1 heterocycles. The van der Waals surface area contributed by atoms with Gasteiger partial charge in [0.2, 0.25) is 5.91 Å². The van der Waals surface area contributed by atoms with Gasteiger partial charge in [-0.3, -0.25) is 9.69 Å². The first-order chi connectivity index (χ1) is 7.19. The summed E-state index contributed by atoms with van der Waals surface area (Å²) in [5, 5.41) is 8.93. The Kier molecular flexibility index (Phi) is 5.05. The number of carbonyl (C=O) groups is 1. The lowest BCUT2D eigenvalue weighted by molar-refractivity contribution is -0.130. The Balaban J connectivity index is 2.38. The smallest absolute Gasteiger partial charge is 0.219 e. The summed E-state index contributed by atoms with van der Waals surface area (Å²) < 4.78 is 0. The van der Waals surface area contributed by atoms with E-state index in [0.29, 0.717) is 6.04 Å². The molecule has 0 bridgehead atoms. The number of rotatable bonds is 4. The van der Waals surface area contributed by atoms with E-state index >= 15 is 0 Å². The molecule has 0 aromatic carbocycles. The molecule has 4 nitrogen and oxygen atoms in total. The molecule has 4 heteroatoms. The van der Waals surface area contributed by atoms with Crippen LogP contribution in [0, 0.1) is 0 Å². The molecule has 0 aliphatic carbocycles. The number of aliphatic hydroxyl groups excluding tert-OH is 1. The standard InChI is InChI=1S/C11H22N2O2/c1-3-12(8-9-14)11-4-6-13(7-5-11)10(2)15/h11,14H,3-9H2,1-2H3. The fourth-order valence-corrected chi connectivity index (χ4v) is 2.27. The fourth-order valence-electron chi connectivity index (χ4n) is 2.27. The van der Waals surface area contributed by atoms with Gasteiger partial charge in [-0.25, -0.2) is 0 Å². The van der Waals surface area contributed by atoms with Crippen molar-refractivity contribution in [3.8, 4) is 0 Å². The number of piperidine rings is 1. The largest absolute Gasteiger partial charge is 0.395 e. The zero-order valence-electron chi connectivity index (χ0n) is 9.78. The third-order valence-corrected chi connectivity index (χ3v) is 3.22. The van der Waals surface area contributed by atoms with Gasteiger partial charge >= 0.3 is 0 Å². The minimum absolute atomic E-state index is 0.179. The lowest BCUT2D eigenvalue weighted by atomic mass is 10.0. The van der Waals surface area contributed by atoms with Crippen LogP contribution in [0.4, 0.5) is 0 Å². The van der Waals surface area contributed by atoms with Gasteiger partial charge in [-0.05, 0) is 19.4 Å². The number of likely N-dealkylation sites (tertiary alicyclic amines) is 1. The minimum Gasteiger partial charge on any atom is -0.395 e. The first-order valence-corrected chi connectivity index (χ1v) is 5.79. The molecule has 1 saturated heterocycles. The monoisotopic (exact) mass is 214 g/mol. The van der Waals surface area contributed by atoms with Crippen molar-refractivity contribution in [2.75, 3.05) is 32.8 Å². The SMILES string of the molecule is CCN(CCO)C1CCN(C(C)=O)CC1. The molecular formula is C11H22N2O2. The molecule has 1 fully saturated rings. The van der Waals surface area contributed by atoms with E-state index < -0.39 is 0 Å². The van der Waals surface area contributed by atoms with Gasteiger partial charge < -0.3 is 10.0 Å². The Labute approximate surface area is 91.9 Å². The van der Waals surface area contributed by atoms with Crippen molar-refractivity contribution in [2.24, 2.45) is 0 Å². The number of carbonyl (C=O) groups excluding carboxylic acids is 1. The molecule has 1 aliphatic heterocycles. The molecular weight excluding hydrogens is 192 g/mol. The van der Waals surface area contributed by atoms with Gasteiger partial charge in [0.25, 0.3) is 0 Å². The fraction of sp³-hybridized carbons (Fsp3) is 0.909. The molecule has 1 rings (SSSR count). The van der Waals surface area contributed by atoms with Crippen molar-refractivity contribution >= 4 is 5.91 Å². The summed E-state index contributed by atoms with van der Waals surface area (Å²) >= 11 is 0. The number of likely N-dealkylation sites (N-methyl/N-ethyl adjacent to an activating group) is 1. The van der Waals surface area contributed by atoms with Gasteiger partial charge in [0.05, 0.1) is 6.61 Å². The van der Waals surface area contributed by atoms with E-state index in [9.17, 15) is 4.79 Å². The van der Waals surface area contributed by atoms with Gasteiger partial charge in [-0.1, -0.05) is 6.92 Å². The van der Waals surface area contributed by atoms with Crippen LogP contribution in [-0.4, -0.2) is 59.6 Å². The Morgan fingerprint density at radius 3 is 2.47 bits per heavy atom. The number of hydrogen-bond donors (Lipinski definition) is 1. The van der Waals surface area contributed by atoms with Crippen LogP contribution >= 0.6 is 0 Å². The predicted molar refractivity (Wildman–Crippen MR) is 59.6 cm³/mol. The van der Waals surface area contributed by atoms with Gasteiger partial charge in [0, 0.05) is 32.6 Å². The predicted octanol–water partition coefficient (Wildman–Crippen LogP) is 0.311. The van der Waals surface area contributed by atoms with E-state index in [1.54, 1.807) is 6.92 Å². The highest BCUT2D eigenvalue weighted by atomic mass is 16.3. The lowest BCUT2D eigenvalue weighted by Crippen LogP contribution is -2.46. The average molecular weight is 214 g/mol. The van der Waals surface area contributed by atoms with Gasteiger partial charge in [-0.15, -0.1) is 0 Å². The van der Waals surface area contributed by atoms with Gasteiger partial charge in [0.15, 0.2) is 0 Å². The third-order valence-electron chi connectivity index (χ3n) is 3.22. The molecule has 0 aromatic heterocycles. The molecule has 0 saturated carbocycles. The van der Waals surface area contributed by atoms with Crippen molar-refractivity contribution in [1.29, 1.82) is 0 Å². The number of aliphatic hydroxyl groups is 1. The molecule has 88 valence electrons. The van der Waals surface area contributed by atoms with E-state index in [1.165, 1.54) is 0 Å². The average Bonchev–Trinajstić information content (AvgIpc) is 2.26. The van der Waals surface area contributed by atoms with Crippen molar-refractivity contribution in [3.05, 3.63) is 0 Å². The highest BCUT2D eigenvalue weighted by Gasteiger charge is 2.24. The van der Waals surface area contributed by atoms with Crippen molar-refractivity contribution < 1.29 is 9.90 Å². The molecule has 0 unspecified atom stereocenters. The molecule has 0 spiro atoms. The normalized spacial score (nSPS) is 18.5.